The Bertz CT molecular complexity index is 211. The van der Waals surface area contributed by atoms with Gasteiger partial charge in [0.15, 0.2) is 0 Å². The zero-order valence-electron chi connectivity index (χ0n) is 10.0. The van der Waals surface area contributed by atoms with E-state index >= 15 is 0 Å². The number of unbranched alkanes of at least 4 members (excludes halogenated alkanes) is 3. The molecule has 0 spiro atoms. The third-order valence-electron chi connectivity index (χ3n) is 2.58. The van der Waals surface area contributed by atoms with Crippen LogP contribution >= 0.6 is 0 Å². The van der Waals surface area contributed by atoms with Gasteiger partial charge in [-0.1, -0.05) is 32.6 Å². The summed E-state index contributed by atoms with van der Waals surface area (Å²) in [4.78, 5) is 11.3. The minimum absolute atomic E-state index is 0.0538. The summed E-state index contributed by atoms with van der Waals surface area (Å²) in [5, 5.41) is 0. The molecule has 1 saturated heterocycles. The summed E-state index contributed by atoms with van der Waals surface area (Å²) in [5.74, 6) is -0.864. The van der Waals surface area contributed by atoms with Gasteiger partial charge in [-0.3, -0.25) is 4.79 Å². The predicted octanol–water partition coefficient (Wildman–Crippen LogP) is 3.03. The van der Waals surface area contributed by atoms with E-state index in [4.69, 9.17) is 9.47 Å². The normalized spacial score (nSPS) is 25.0. The van der Waals surface area contributed by atoms with E-state index in [0.29, 0.717) is 6.42 Å². The molecule has 1 heterocycles. The van der Waals surface area contributed by atoms with Crippen molar-refractivity contribution < 1.29 is 14.3 Å². The number of cyclic esters (lactones) is 1. The molecule has 0 bridgehead atoms. The highest BCUT2D eigenvalue weighted by Gasteiger charge is 2.34. The summed E-state index contributed by atoms with van der Waals surface area (Å²) in [6, 6.07) is 0. The summed E-state index contributed by atoms with van der Waals surface area (Å²) in [5.41, 5.74) is 0. The van der Waals surface area contributed by atoms with Crippen molar-refractivity contribution >= 4 is 5.97 Å². The van der Waals surface area contributed by atoms with Crippen LogP contribution in [-0.2, 0) is 14.3 Å². The number of carbonyl (C=O) groups excluding carboxylic acids is 1. The first-order chi connectivity index (χ1) is 7.03. The largest absolute Gasteiger partial charge is 0.434 e. The molecule has 1 atom stereocenters. The summed E-state index contributed by atoms with van der Waals surface area (Å²) >= 11 is 0. The van der Waals surface area contributed by atoms with Gasteiger partial charge in [0, 0.05) is 13.8 Å². The van der Waals surface area contributed by atoms with Gasteiger partial charge in [-0.2, -0.15) is 0 Å². The smallest absolute Gasteiger partial charge is 0.310 e. The molecule has 1 aliphatic heterocycles. The summed E-state index contributed by atoms with van der Waals surface area (Å²) < 4.78 is 10.8. The van der Waals surface area contributed by atoms with Crippen LogP contribution in [0.15, 0.2) is 0 Å². The molecule has 0 aromatic heterocycles. The van der Waals surface area contributed by atoms with Gasteiger partial charge in [-0.25, -0.2) is 0 Å². The Morgan fingerprint density at radius 2 is 2.07 bits per heavy atom. The molecule has 0 aliphatic carbocycles. The van der Waals surface area contributed by atoms with Gasteiger partial charge in [0.2, 0.25) is 5.79 Å². The monoisotopic (exact) mass is 214 g/mol. The Morgan fingerprint density at radius 1 is 1.33 bits per heavy atom. The van der Waals surface area contributed by atoms with Gasteiger partial charge < -0.3 is 9.47 Å². The molecule has 0 aromatic carbocycles. The van der Waals surface area contributed by atoms with Crippen LogP contribution in [0.1, 0.15) is 59.3 Å². The van der Waals surface area contributed by atoms with E-state index in [0.717, 1.165) is 12.8 Å². The average molecular weight is 214 g/mol. The van der Waals surface area contributed by atoms with E-state index in [1.807, 2.05) is 0 Å². The van der Waals surface area contributed by atoms with Crippen molar-refractivity contribution in [1.82, 2.24) is 0 Å². The van der Waals surface area contributed by atoms with E-state index in [-0.39, 0.29) is 12.1 Å². The lowest BCUT2D eigenvalue weighted by atomic mass is 10.1. The van der Waals surface area contributed by atoms with Gasteiger partial charge in [0.25, 0.3) is 0 Å². The van der Waals surface area contributed by atoms with E-state index in [1.165, 1.54) is 19.3 Å². The van der Waals surface area contributed by atoms with Crippen LogP contribution in [0, 0.1) is 0 Å². The highest BCUT2D eigenvalue weighted by Crippen LogP contribution is 2.25. The lowest BCUT2D eigenvalue weighted by Gasteiger charge is -2.35. The van der Waals surface area contributed by atoms with Crippen molar-refractivity contribution in [3.63, 3.8) is 0 Å². The first kappa shape index (κ1) is 12.5. The topological polar surface area (TPSA) is 35.5 Å². The van der Waals surface area contributed by atoms with Gasteiger partial charge in [-0.15, -0.1) is 0 Å². The van der Waals surface area contributed by atoms with Gasteiger partial charge in [0.05, 0.1) is 12.5 Å². The highest BCUT2D eigenvalue weighted by molar-refractivity contribution is 5.70. The van der Waals surface area contributed by atoms with E-state index < -0.39 is 5.79 Å². The second-order valence-electron chi connectivity index (χ2n) is 4.67. The van der Waals surface area contributed by atoms with Crippen molar-refractivity contribution in [3.8, 4) is 0 Å². The standard InChI is InChI=1S/C12H22O3/c1-4-5-6-7-8-10-9-11(13)15-12(2,3)14-10/h10H,4-9H2,1-3H3. The Kier molecular flexibility index (Phi) is 4.58. The number of ether oxygens (including phenoxy) is 2. The van der Waals surface area contributed by atoms with Gasteiger partial charge in [0.1, 0.15) is 0 Å². The van der Waals surface area contributed by atoms with Crippen LogP contribution < -0.4 is 0 Å². The molecule has 0 N–H and O–H groups in total. The minimum Gasteiger partial charge on any atom is -0.434 e. The quantitative estimate of drug-likeness (QED) is 0.521. The molecule has 0 amide bonds. The number of rotatable bonds is 5. The van der Waals surface area contributed by atoms with Crippen molar-refractivity contribution in [2.24, 2.45) is 0 Å². The first-order valence-corrected chi connectivity index (χ1v) is 5.93. The van der Waals surface area contributed by atoms with Gasteiger partial charge in [-0.05, 0) is 6.42 Å². The van der Waals surface area contributed by atoms with Crippen LogP contribution in [-0.4, -0.2) is 17.9 Å². The van der Waals surface area contributed by atoms with Crippen LogP contribution in [0.2, 0.25) is 0 Å². The zero-order chi connectivity index (χ0) is 11.3. The number of hydrogen-bond acceptors (Lipinski definition) is 3. The minimum atomic E-state index is -0.731. The van der Waals surface area contributed by atoms with E-state index in [2.05, 4.69) is 6.92 Å². The predicted molar refractivity (Wildman–Crippen MR) is 58.4 cm³/mol. The molecule has 15 heavy (non-hydrogen) atoms. The molecule has 3 heteroatoms. The SMILES string of the molecule is CCCCCCC1CC(=O)OC(C)(C)O1. The third-order valence-corrected chi connectivity index (χ3v) is 2.58. The lowest BCUT2D eigenvalue weighted by molar-refractivity contribution is -0.258. The molecule has 1 aliphatic rings. The maximum Gasteiger partial charge on any atom is 0.310 e. The number of esters is 1. The molecule has 1 rings (SSSR count). The third kappa shape index (κ3) is 4.65. The van der Waals surface area contributed by atoms with E-state index in [1.54, 1.807) is 13.8 Å². The van der Waals surface area contributed by atoms with Crippen LogP contribution in [0.5, 0.6) is 0 Å². The first-order valence-electron chi connectivity index (χ1n) is 5.93. The van der Waals surface area contributed by atoms with Gasteiger partial charge >= 0.3 is 5.97 Å². The van der Waals surface area contributed by atoms with E-state index in [9.17, 15) is 4.79 Å². The van der Waals surface area contributed by atoms with Crippen LogP contribution in [0.3, 0.4) is 0 Å². The Balaban J connectivity index is 2.26. The van der Waals surface area contributed by atoms with Crippen LogP contribution in [0.4, 0.5) is 0 Å². The maximum absolute atomic E-state index is 11.3. The second kappa shape index (κ2) is 5.50. The second-order valence-corrected chi connectivity index (χ2v) is 4.67. The fourth-order valence-electron chi connectivity index (χ4n) is 1.93. The Labute approximate surface area is 92.1 Å². The highest BCUT2D eigenvalue weighted by atomic mass is 16.7. The van der Waals surface area contributed by atoms with Crippen molar-refractivity contribution in [1.29, 1.82) is 0 Å². The zero-order valence-corrected chi connectivity index (χ0v) is 10.0. The lowest BCUT2D eigenvalue weighted by Crippen LogP contribution is -2.42. The molecular formula is C12H22O3. The molecular weight excluding hydrogens is 192 g/mol. The maximum atomic E-state index is 11.3. The number of hydrogen-bond donors (Lipinski definition) is 0. The molecule has 1 unspecified atom stereocenters. The average Bonchev–Trinajstić information content (AvgIpc) is 2.09. The fourth-order valence-corrected chi connectivity index (χ4v) is 1.93. The van der Waals surface area contributed by atoms with Crippen LogP contribution in [0.25, 0.3) is 0 Å². The Morgan fingerprint density at radius 3 is 2.67 bits per heavy atom. The molecule has 3 nitrogen and oxygen atoms in total. The summed E-state index contributed by atoms with van der Waals surface area (Å²) in [6.45, 7) is 5.78. The fraction of sp³-hybridized carbons (Fsp3) is 0.917. The summed E-state index contributed by atoms with van der Waals surface area (Å²) in [7, 11) is 0. The molecule has 0 radical (unpaired) electrons. The Hall–Kier alpha value is -0.570. The van der Waals surface area contributed by atoms with Crippen molar-refractivity contribution in [3.05, 3.63) is 0 Å². The summed E-state index contributed by atoms with van der Waals surface area (Å²) in [6.07, 6.45) is 6.31. The molecule has 88 valence electrons. The number of carbonyl (C=O) groups is 1. The van der Waals surface area contributed by atoms with Crippen molar-refractivity contribution in [2.75, 3.05) is 0 Å². The van der Waals surface area contributed by atoms with Crippen molar-refractivity contribution in [2.45, 2.75) is 71.2 Å². The molecule has 0 aromatic rings. The molecule has 0 saturated carbocycles. The molecule has 1 fully saturated rings.